The van der Waals surface area contributed by atoms with Crippen molar-refractivity contribution in [2.45, 2.75) is 38.3 Å². The second-order valence-corrected chi connectivity index (χ2v) is 10.6. The van der Waals surface area contributed by atoms with Crippen LogP contribution in [0.1, 0.15) is 25.0 Å². The third-order valence-corrected chi connectivity index (χ3v) is 7.87. The van der Waals surface area contributed by atoms with Crippen molar-refractivity contribution in [1.82, 2.24) is 10.2 Å². The number of carbonyl (C=O) groups is 2. The van der Waals surface area contributed by atoms with Crippen LogP contribution in [0.15, 0.2) is 83.8 Å². The second kappa shape index (κ2) is 12.1. The highest BCUT2D eigenvalue weighted by atomic mass is 35.5. The predicted molar refractivity (Wildman–Crippen MR) is 142 cm³/mol. The SMILES string of the molecule is CCNC(=O)[C@H](C)N(Cc1ccccc1Cl)C(=O)CN(c1cccc(C)c1)S(=O)(=O)c1ccccc1. The summed E-state index contributed by atoms with van der Waals surface area (Å²) in [5.74, 6) is -0.874. The number of nitrogens with one attached hydrogen (secondary N) is 1. The van der Waals surface area contributed by atoms with Crippen LogP contribution in [0.2, 0.25) is 5.02 Å². The quantitative estimate of drug-likeness (QED) is 0.423. The molecule has 0 spiro atoms. The number of aryl methyl sites for hydroxylation is 1. The average molecular weight is 528 g/mol. The Bertz CT molecular complexity index is 1320. The van der Waals surface area contributed by atoms with Crippen LogP contribution in [0.25, 0.3) is 0 Å². The summed E-state index contributed by atoms with van der Waals surface area (Å²) in [5, 5.41) is 3.18. The minimum Gasteiger partial charge on any atom is -0.355 e. The van der Waals surface area contributed by atoms with Crippen LogP contribution in [0.3, 0.4) is 0 Å². The number of rotatable bonds is 10. The Morgan fingerprint density at radius 1 is 0.972 bits per heavy atom. The maximum absolute atomic E-state index is 13.8. The minimum atomic E-state index is -4.08. The highest BCUT2D eigenvalue weighted by molar-refractivity contribution is 7.92. The summed E-state index contributed by atoms with van der Waals surface area (Å²) in [6.07, 6.45) is 0. The molecule has 0 aromatic heterocycles. The van der Waals surface area contributed by atoms with Gasteiger partial charge in [-0.1, -0.05) is 60.1 Å². The van der Waals surface area contributed by atoms with E-state index in [9.17, 15) is 18.0 Å². The normalized spacial score (nSPS) is 12.0. The Morgan fingerprint density at radius 2 is 1.64 bits per heavy atom. The second-order valence-electron chi connectivity index (χ2n) is 8.35. The molecular formula is C27H30ClN3O4S. The van der Waals surface area contributed by atoms with E-state index in [-0.39, 0.29) is 17.3 Å². The summed E-state index contributed by atoms with van der Waals surface area (Å²) in [7, 11) is -4.08. The van der Waals surface area contributed by atoms with Gasteiger partial charge in [0.1, 0.15) is 12.6 Å². The fraction of sp³-hybridized carbons (Fsp3) is 0.259. The Hall–Kier alpha value is -3.36. The summed E-state index contributed by atoms with van der Waals surface area (Å²) in [6.45, 7) is 5.20. The van der Waals surface area contributed by atoms with Crippen molar-refractivity contribution in [3.63, 3.8) is 0 Å². The number of amides is 2. The van der Waals surface area contributed by atoms with Gasteiger partial charge in [0.25, 0.3) is 10.0 Å². The van der Waals surface area contributed by atoms with Crippen LogP contribution in [-0.2, 0) is 26.2 Å². The van der Waals surface area contributed by atoms with Crippen molar-refractivity contribution < 1.29 is 18.0 Å². The zero-order valence-corrected chi connectivity index (χ0v) is 22.1. The van der Waals surface area contributed by atoms with Gasteiger partial charge in [0.15, 0.2) is 0 Å². The number of hydrogen-bond donors (Lipinski definition) is 1. The maximum Gasteiger partial charge on any atom is 0.264 e. The van der Waals surface area contributed by atoms with Crippen molar-refractivity contribution in [3.8, 4) is 0 Å². The molecule has 0 radical (unpaired) electrons. The van der Waals surface area contributed by atoms with Crippen molar-refractivity contribution in [2.24, 2.45) is 0 Å². The molecule has 7 nitrogen and oxygen atoms in total. The number of likely N-dealkylation sites (N-methyl/N-ethyl adjacent to an activating group) is 1. The Kier molecular flexibility index (Phi) is 9.12. The molecule has 1 atom stereocenters. The Morgan fingerprint density at radius 3 is 2.28 bits per heavy atom. The van der Waals surface area contributed by atoms with Crippen molar-refractivity contribution >= 4 is 39.1 Å². The van der Waals surface area contributed by atoms with Crippen molar-refractivity contribution in [1.29, 1.82) is 0 Å². The van der Waals surface area contributed by atoms with Crippen LogP contribution in [-0.4, -0.2) is 44.3 Å². The van der Waals surface area contributed by atoms with E-state index in [2.05, 4.69) is 5.32 Å². The molecule has 190 valence electrons. The van der Waals surface area contributed by atoms with Crippen LogP contribution < -0.4 is 9.62 Å². The zero-order chi connectivity index (χ0) is 26.3. The van der Waals surface area contributed by atoms with Gasteiger partial charge in [0, 0.05) is 18.1 Å². The van der Waals surface area contributed by atoms with Gasteiger partial charge in [0.2, 0.25) is 11.8 Å². The maximum atomic E-state index is 13.8. The van der Waals surface area contributed by atoms with E-state index in [4.69, 9.17) is 11.6 Å². The van der Waals surface area contributed by atoms with Crippen LogP contribution >= 0.6 is 11.6 Å². The summed E-state index contributed by atoms with van der Waals surface area (Å²) in [4.78, 5) is 27.9. The molecule has 2 amide bonds. The molecule has 36 heavy (non-hydrogen) atoms. The van der Waals surface area contributed by atoms with Crippen LogP contribution in [0, 0.1) is 6.92 Å². The fourth-order valence-electron chi connectivity index (χ4n) is 3.75. The molecule has 3 aromatic rings. The summed E-state index contributed by atoms with van der Waals surface area (Å²) < 4.78 is 28.4. The van der Waals surface area contributed by atoms with Crippen molar-refractivity contribution in [2.75, 3.05) is 17.4 Å². The first-order valence-electron chi connectivity index (χ1n) is 11.6. The Labute approximate surface area is 217 Å². The van der Waals surface area contributed by atoms with E-state index in [1.807, 2.05) is 13.0 Å². The minimum absolute atomic E-state index is 0.0455. The number of hydrogen-bond acceptors (Lipinski definition) is 4. The molecule has 3 aromatic carbocycles. The van der Waals surface area contributed by atoms with Gasteiger partial charge in [0.05, 0.1) is 10.6 Å². The molecule has 3 rings (SSSR count). The number of nitrogens with zero attached hydrogens (tertiary/aromatic N) is 2. The third kappa shape index (κ3) is 6.44. The van der Waals surface area contributed by atoms with Gasteiger partial charge in [-0.3, -0.25) is 13.9 Å². The lowest BCUT2D eigenvalue weighted by molar-refractivity contribution is -0.139. The standard InChI is InChI=1S/C27H30ClN3O4S/c1-4-29-27(33)21(3)30(18-22-12-8-9-16-25(22)28)26(32)19-31(23-13-10-11-20(2)17-23)36(34,35)24-14-6-5-7-15-24/h5-17,21H,4,18-19H2,1-3H3,(H,29,33)/t21-/m0/s1. The lowest BCUT2D eigenvalue weighted by Crippen LogP contribution is -2.51. The number of sulfonamides is 1. The molecule has 0 saturated carbocycles. The van der Waals surface area contributed by atoms with Gasteiger partial charge in [-0.25, -0.2) is 8.42 Å². The first-order valence-corrected chi connectivity index (χ1v) is 13.4. The molecule has 0 aliphatic rings. The molecule has 0 aliphatic carbocycles. The summed E-state index contributed by atoms with van der Waals surface area (Å²) >= 11 is 6.35. The van der Waals surface area contributed by atoms with Crippen LogP contribution in [0.5, 0.6) is 0 Å². The van der Waals surface area contributed by atoms with Gasteiger partial charge in [-0.15, -0.1) is 0 Å². The van der Waals surface area contributed by atoms with Crippen molar-refractivity contribution in [3.05, 3.63) is 95.0 Å². The smallest absolute Gasteiger partial charge is 0.264 e. The lowest BCUT2D eigenvalue weighted by Gasteiger charge is -2.32. The Balaban J connectivity index is 2.03. The first-order chi connectivity index (χ1) is 17.1. The molecule has 0 aliphatic heterocycles. The van der Waals surface area contributed by atoms with Gasteiger partial charge in [-0.05, 0) is 62.2 Å². The fourth-order valence-corrected chi connectivity index (χ4v) is 5.37. The molecule has 0 heterocycles. The van der Waals surface area contributed by atoms with E-state index in [1.165, 1.54) is 17.0 Å². The average Bonchev–Trinajstić information content (AvgIpc) is 2.86. The number of benzene rings is 3. The van der Waals surface area contributed by atoms with E-state index in [0.717, 1.165) is 9.87 Å². The lowest BCUT2D eigenvalue weighted by atomic mass is 10.1. The highest BCUT2D eigenvalue weighted by Gasteiger charge is 2.32. The molecule has 1 N–H and O–H groups in total. The summed E-state index contributed by atoms with van der Waals surface area (Å²) in [6, 6.07) is 21.1. The number of halogens is 1. The van der Waals surface area contributed by atoms with E-state index in [1.54, 1.807) is 74.5 Å². The number of anilines is 1. The van der Waals surface area contributed by atoms with Crippen LogP contribution in [0.4, 0.5) is 5.69 Å². The molecule has 0 bridgehead atoms. The van der Waals surface area contributed by atoms with Gasteiger partial charge >= 0.3 is 0 Å². The van der Waals surface area contributed by atoms with E-state index in [0.29, 0.717) is 22.8 Å². The van der Waals surface area contributed by atoms with E-state index < -0.39 is 28.5 Å². The molecule has 0 saturated heterocycles. The van der Waals surface area contributed by atoms with Gasteiger partial charge in [-0.2, -0.15) is 0 Å². The predicted octanol–water partition coefficient (Wildman–Crippen LogP) is 4.40. The molecule has 0 fully saturated rings. The third-order valence-electron chi connectivity index (χ3n) is 5.72. The van der Waals surface area contributed by atoms with E-state index >= 15 is 0 Å². The monoisotopic (exact) mass is 527 g/mol. The molecule has 0 unspecified atom stereocenters. The molecule has 9 heteroatoms. The zero-order valence-electron chi connectivity index (χ0n) is 20.5. The first kappa shape index (κ1) is 27.2. The van der Waals surface area contributed by atoms with Gasteiger partial charge < -0.3 is 10.2 Å². The summed E-state index contributed by atoms with van der Waals surface area (Å²) in [5.41, 5.74) is 1.85. The number of carbonyl (C=O) groups excluding carboxylic acids is 2. The molecular weight excluding hydrogens is 498 g/mol. The highest BCUT2D eigenvalue weighted by Crippen LogP contribution is 2.26. The largest absolute Gasteiger partial charge is 0.355 e. The topological polar surface area (TPSA) is 86.8 Å².